The topological polar surface area (TPSA) is 61.8 Å². The Kier molecular flexibility index (Phi) is 4.52. The monoisotopic (exact) mass is 298 g/mol. The molecule has 2 rings (SSSR count). The third kappa shape index (κ3) is 3.06. The van der Waals surface area contributed by atoms with Gasteiger partial charge in [0.05, 0.1) is 30.8 Å². The van der Waals surface area contributed by atoms with E-state index in [1.54, 1.807) is 32.3 Å². The number of nitrogens with zero attached hydrogens (tertiary/aromatic N) is 1. The molecule has 6 heteroatoms. The number of hydrogen-bond donors (Lipinski definition) is 2. The standard InChI is InChI=1S/C14H19ClN2O3/c1-17(2)13(19)11-4-3-10(15)5-12(11)16-6-14(7-18)8-20-9-14/h3-5,16,18H,6-9H2,1-2H3. The van der Waals surface area contributed by atoms with Crippen LogP contribution in [-0.2, 0) is 4.74 Å². The van der Waals surface area contributed by atoms with Gasteiger partial charge in [0.25, 0.3) is 5.91 Å². The Balaban J connectivity index is 2.17. The van der Waals surface area contributed by atoms with Gasteiger partial charge in [-0.3, -0.25) is 4.79 Å². The summed E-state index contributed by atoms with van der Waals surface area (Å²) in [4.78, 5) is 13.6. The minimum atomic E-state index is -0.263. The first-order valence-corrected chi connectivity index (χ1v) is 6.79. The first-order chi connectivity index (χ1) is 9.47. The Hall–Kier alpha value is -1.30. The molecule has 0 saturated carbocycles. The summed E-state index contributed by atoms with van der Waals surface area (Å²) in [6.45, 7) is 1.64. The second-order valence-corrected chi connectivity index (χ2v) is 5.83. The third-order valence-electron chi connectivity index (χ3n) is 3.42. The number of amides is 1. The van der Waals surface area contributed by atoms with E-state index in [4.69, 9.17) is 16.3 Å². The summed E-state index contributed by atoms with van der Waals surface area (Å²) in [5.74, 6) is -0.0907. The average molecular weight is 299 g/mol. The highest BCUT2D eigenvalue weighted by atomic mass is 35.5. The fourth-order valence-electron chi connectivity index (χ4n) is 2.01. The van der Waals surface area contributed by atoms with Gasteiger partial charge in [-0.1, -0.05) is 11.6 Å². The van der Waals surface area contributed by atoms with Gasteiger partial charge in [0, 0.05) is 31.4 Å². The predicted molar refractivity (Wildman–Crippen MR) is 78.3 cm³/mol. The van der Waals surface area contributed by atoms with E-state index in [0.717, 1.165) is 0 Å². The predicted octanol–water partition coefficient (Wildman–Crippen LogP) is 1.46. The maximum Gasteiger partial charge on any atom is 0.255 e. The van der Waals surface area contributed by atoms with E-state index in [0.29, 0.717) is 36.0 Å². The summed E-state index contributed by atoms with van der Waals surface area (Å²) < 4.78 is 5.16. The van der Waals surface area contributed by atoms with Crippen molar-refractivity contribution in [2.45, 2.75) is 0 Å². The minimum Gasteiger partial charge on any atom is -0.396 e. The molecule has 20 heavy (non-hydrogen) atoms. The molecule has 0 aromatic heterocycles. The number of anilines is 1. The highest BCUT2D eigenvalue weighted by molar-refractivity contribution is 6.31. The van der Waals surface area contributed by atoms with Crippen LogP contribution >= 0.6 is 11.6 Å². The number of aliphatic hydroxyl groups excluding tert-OH is 1. The molecule has 0 atom stereocenters. The highest BCUT2D eigenvalue weighted by Gasteiger charge is 2.38. The molecular formula is C14H19ClN2O3. The Labute approximate surface area is 123 Å². The molecule has 1 heterocycles. The normalized spacial score (nSPS) is 16.4. The molecular weight excluding hydrogens is 280 g/mol. The van der Waals surface area contributed by atoms with Crippen LogP contribution in [0.2, 0.25) is 5.02 Å². The van der Waals surface area contributed by atoms with Gasteiger partial charge in [-0.05, 0) is 18.2 Å². The molecule has 1 aliphatic heterocycles. The first-order valence-electron chi connectivity index (χ1n) is 6.41. The van der Waals surface area contributed by atoms with Crippen LogP contribution in [-0.4, -0.2) is 56.4 Å². The smallest absolute Gasteiger partial charge is 0.255 e. The van der Waals surface area contributed by atoms with Crippen LogP contribution in [0.25, 0.3) is 0 Å². The van der Waals surface area contributed by atoms with Crippen molar-refractivity contribution in [3.63, 3.8) is 0 Å². The number of carbonyl (C=O) groups excluding carboxylic acids is 1. The third-order valence-corrected chi connectivity index (χ3v) is 3.66. The van der Waals surface area contributed by atoms with Crippen LogP contribution in [0.5, 0.6) is 0 Å². The van der Waals surface area contributed by atoms with Gasteiger partial charge in [0.15, 0.2) is 0 Å². The van der Waals surface area contributed by atoms with Gasteiger partial charge in [-0.15, -0.1) is 0 Å². The second-order valence-electron chi connectivity index (χ2n) is 5.39. The lowest BCUT2D eigenvalue weighted by Gasteiger charge is -2.40. The molecule has 0 spiro atoms. The molecule has 1 aromatic carbocycles. The fraction of sp³-hybridized carbons (Fsp3) is 0.500. The van der Waals surface area contributed by atoms with Crippen molar-refractivity contribution in [1.29, 1.82) is 0 Å². The summed E-state index contributed by atoms with van der Waals surface area (Å²) in [5.41, 5.74) is 0.976. The zero-order valence-corrected chi connectivity index (χ0v) is 12.4. The zero-order valence-electron chi connectivity index (χ0n) is 11.6. The van der Waals surface area contributed by atoms with Crippen molar-refractivity contribution < 1.29 is 14.6 Å². The molecule has 1 saturated heterocycles. The van der Waals surface area contributed by atoms with Crippen LogP contribution in [0, 0.1) is 5.41 Å². The molecule has 110 valence electrons. The van der Waals surface area contributed by atoms with Crippen molar-refractivity contribution in [3.8, 4) is 0 Å². The molecule has 1 aliphatic rings. The van der Waals surface area contributed by atoms with E-state index in [1.165, 1.54) is 4.90 Å². The number of ether oxygens (including phenoxy) is 1. The Bertz CT molecular complexity index is 496. The van der Waals surface area contributed by atoms with Crippen LogP contribution in [0.15, 0.2) is 18.2 Å². The molecule has 1 aromatic rings. The quantitative estimate of drug-likeness (QED) is 0.864. The molecule has 0 bridgehead atoms. The largest absolute Gasteiger partial charge is 0.396 e. The van der Waals surface area contributed by atoms with Gasteiger partial charge in [-0.2, -0.15) is 0 Å². The van der Waals surface area contributed by atoms with Gasteiger partial charge >= 0.3 is 0 Å². The lowest BCUT2D eigenvalue weighted by molar-refractivity contribution is -0.128. The van der Waals surface area contributed by atoms with Gasteiger partial charge in [0.2, 0.25) is 0 Å². The Morgan fingerprint density at radius 3 is 2.70 bits per heavy atom. The van der Waals surface area contributed by atoms with Gasteiger partial charge in [0.1, 0.15) is 0 Å². The lowest BCUT2D eigenvalue weighted by atomic mass is 9.87. The van der Waals surface area contributed by atoms with Crippen LogP contribution in [0.4, 0.5) is 5.69 Å². The molecule has 1 fully saturated rings. The summed E-state index contributed by atoms with van der Waals surface area (Å²) in [6.07, 6.45) is 0. The van der Waals surface area contributed by atoms with Crippen molar-refractivity contribution in [1.82, 2.24) is 4.90 Å². The number of carbonyl (C=O) groups is 1. The highest BCUT2D eigenvalue weighted by Crippen LogP contribution is 2.29. The van der Waals surface area contributed by atoms with E-state index < -0.39 is 0 Å². The maximum absolute atomic E-state index is 12.1. The summed E-state index contributed by atoms with van der Waals surface area (Å²) >= 11 is 5.99. The van der Waals surface area contributed by atoms with Crippen molar-refractivity contribution in [2.24, 2.45) is 5.41 Å². The number of hydrogen-bond acceptors (Lipinski definition) is 4. The van der Waals surface area contributed by atoms with Crippen molar-refractivity contribution >= 4 is 23.2 Å². The maximum atomic E-state index is 12.1. The van der Waals surface area contributed by atoms with Crippen molar-refractivity contribution in [3.05, 3.63) is 28.8 Å². The molecule has 0 unspecified atom stereocenters. The Morgan fingerprint density at radius 2 is 2.20 bits per heavy atom. The fourth-order valence-corrected chi connectivity index (χ4v) is 2.18. The van der Waals surface area contributed by atoms with E-state index >= 15 is 0 Å². The SMILES string of the molecule is CN(C)C(=O)c1ccc(Cl)cc1NCC1(CO)COC1. The molecule has 2 N–H and O–H groups in total. The van der Waals surface area contributed by atoms with Crippen LogP contribution in [0.3, 0.4) is 0 Å². The molecule has 1 amide bonds. The number of nitrogens with one attached hydrogen (secondary N) is 1. The average Bonchev–Trinajstić information content (AvgIpc) is 2.37. The number of aliphatic hydroxyl groups is 1. The molecule has 0 radical (unpaired) electrons. The Morgan fingerprint density at radius 1 is 1.50 bits per heavy atom. The van der Waals surface area contributed by atoms with Gasteiger partial charge < -0.3 is 20.1 Å². The second kappa shape index (κ2) is 5.99. The number of halogens is 1. The summed E-state index contributed by atoms with van der Waals surface area (Å²) in [6, 6.07) is 5.12. The number of rotatable bonds is 5. The van der Waals surface area contributed by atoms with E-state index in [1.807, 2.05) is 0 Å². The summed E-state index contributed by atoms with van der Waals surface area (Å²) in [7, 11) is 3.41. The zero-order chi connectivity index (χ0) is 14.8. The van der Waals surface area contributed by atoms with Gasteiger partial charge in [-0.25, -0.2) is 0 Å². The van der Waals surface area contributed by atoms with Crippen molar-refractivity contribution in [2.75, 3.05) is 45.8 Å². The number of benzene rings is 1. The van der Waals surface area contributed by atoms with E-state index in [9.17, 15) is 9.90 Å². The molecule has 5 nitrogen and oxygen atoms in total. The van der Waals surface area contributed by atoms with Crippen LogP contribution in [0.1, 0.15) is 10.4 Å². The van der Waals surface area contributed by atoms with E-state index in [-0.39, 0.29) is 17.9 Å². The minimum absolute atomic E-state index is 0.0531. The summed E-state index contributed by atoms with van der Waals surface area (Å²) in [5, 5.41) is 13.2. The van der Waals surface area contributed by atoms with E-state index in [2.05, 4.69) is 5.32 Å². The first kappa shape index (κ1) is 15.1. The lowest BCUT2D eigenvalue weighted by Crippen LogP contribution is -2.50. The van der Waals surface area contributed by atoms with Crippen LogP contribution < -0.4 is 5.32 Å². The molecule has 0 aliphatic carbocycles.